The summed E-state index contributed by atoms with van der Waals surface area (Å²) in [7, 11) is 0. The van der Waals surface area contributed by atoms with Gasteiger partial charge in [-0.15, -0.1) is 0 Å². The van der Waals surface area contributed by atoms with Crippen LogP contribution in [0.1, 0.15) is 21.7 Å². The third kappa shape index (κ3) is 3.93. The van der Waals surface area contributed by atoms with Crippen LogP contribution in [-0.4, -0.2) is 10.9 Å². The van der Waals surface area contributed by atoms with Gasteiger partial charge < -0.3 is 4.42 Å². The summed E-state index contributed by atoms with van der Waals surface area (Å²) in [6, 6.07) is 25.2. The van der Waals surface area contributed by atoms with Gasteiger partial charge in [-0.2, -0.15) is 0 Å². The number of hydrogen-bond donors (Lipinski definition) is 0. The molecule has 5 aromatic rings. The Morgan fingerprint density at radius 2 is 1.72 bits per heavy atom. The number of carbonyl (C=O) groups is 1. The molecule has 2 heterocycles. The third-order valence-electron chi connectivity index (χ3n) is 5.30. The van der Waals surface area contributed by atoms with E-state index in [9.17, 15) is 4.79 Å². The average molecular weight is 459 g/mol. The van der Waals surface area contributed by atoms with Crippen molar-refractivity contribution in [3.63, 3.8) is 0 Å². The van der Waals surface area contributed by atoms with Gasteiger partial charge in [-0.3, -0.25) is 9.69 Å². The van der Waals surface area contributed by atoms with E-state index in [0.717, 1.165) is 26.9 Å². The van der Waals surface area contributed by atoms with Gasteiger partial charge in [0.15, 0.2) is 5.13 Å². The third-order valence-corrected chi connectivity index (χ3v) is 6.83. The quantitative estimate of drug-likeness (QED) is 0.276. The molecule has 0 bridgehead atoms. The lowest BCUT2D eigenvalue weighted by Gasteiger charge is -2.19. The molecule has 0 aliphatic heterocycles. The van der Waals surface area contributed by atoms with Crippen LogP contribution in [0.15, 0.2) is 89.5 Å². The van der Waals surface area contributed by atoms with E-state index in [-0.39, 0.29) is 12.5 Å². The maximum atomic E-state index is 13.6. The zero-order valence-corrected chi connectivity index (χ0v) is 18.9. The predicted molar refractivity (Wildman–Crippen MR) is 130 cm³/mol. The van der Waals surface area contributed by atoms with Crippen molar-refractivity contribution in [2.24, 2.45) is 0 Å². The molecular formula is C26H19ClN2O2S. The highest BCUT2D eigenvalue weighted by Crippen LogP contribution is 2.36. The van der Waals surface area contributed by atoms with E-state index >= 15 is 0 Å². The minimum Gasteiger partial charge on any atom is -0.467 e. The molecule has 0 atom stereocenters. The van der Waals surface area contributed by atoms with Crippen molar-refractivity contribution in [3.8, 4) is 11.1 Å². The first kappa shape index (κ1) is 20.5. The molecule has 4 nitrogen and oxygen atoms in total. The van der Waals surface area contributed by atoms with E-state index in [4.69, 9.17) is 21.0 Å². The number of anilines is 1. The standard InChI is InChI=1S/C26H19ClN2O2S/c1-17-9-14-22(27)24-23(17)28-26(32-24)29(16-21-8-5-15-31-21)25(30)20-12-10-19(11-13-20)18-6-3-2-4-7-18/h2-15H,16H2,1H3. The number of furan rings is 1. The van der Waals surface area contributed by atoms with Gasteiger partial charge in [-0.1, -0.05) is 71.5 Å². The SMILES string of the molecule is Cc1ccc(Cl)c2sc(N(Cc3ccco3)C(=O)c3ccc(-c4ccccc4)cc3)nc12. The first-order valence-corrected chi connectivity index (χ1v) is 11.3. The molecule has 0 fully saturated rings. The molecule has 2 aromatic heterocycles. The lowest BCUT2D eigenvalue weighted by atomic mass is 10.0. The number of carbonyl (C=O) groups excluding carboxylic acids is 1. The Balaban J connectivity index is 1.53. The summed E-state index contributed by atoms with van der Waals surface area (Å²) >= 11 is 7.82. The van der Waals surface area contributed by atoms with E-state index < -0.39 is 0 Å². The molecule has 6 heteroatoms. The smallest absolute Gasteiger partial charge is 0.260 e. The minimum atomic E-state index is -0.145. The van der Waals surface area contributed by atoms with E-state index in [1.54, 1.807) is 11.2 Å². The highest BCUT2D eigenvalue weighted by atomic mass is 35.5. The van der Waals surface area contributed by atoms with Gasteiger partial charge >= 0.3 is 0 Å². The molecular weight excluding hydrogens is 440 g/mol. The van der Waals surface area contributed by atoms with Crippen LogP contribution in [0.5, 0.6) is 0 Å². The van der Waals surface area contributed by atoms with Crippen LogP contribution in [0.25, 0.3) is 21.3 Å². The fourth-order valence-corrected chi connectivity index (χ4v) is 4.90. The Kier molecular flexibility index (Phi) is 5.52. The number of benzene rings is 3. The van der Waals surface area contributed by atoms with Crippen LogP contribution in [0.2, 0.25) is 5.02 Å². The van der Waals surface area contributed by atoms with Gasteiger partial charge in [0.1, 0.15) is 5.76 Å². The Labute approximate surface area is 194 Å². The Bertz CT molecular complexity index is 1340. The zero-order valence-electron chi connectivity index (χ0n) is 17.3. The van der Waals surface area contributed by atoms with Gasteiger partial charge in [-0.25, -0.2) is 4.98 Å². The van der Waals surface area contributed by atoms with Crippen molar-refractivity contribution in [3.05, 3.63) is 107 Å². The fourth-order valence-electron chi connectivity index (χ4n) is 3.58. The van der Waals surface area contributed by atoms with Gasteiger partial charge in [-0.05, 0) is 53.9 Å². The monoisotopic (exact) mass is 458 g/mol. The fraction of sp³-hybridized carbons (Fsp3) is 0.0769. The van der Waals surface area contributed by atoms with Crippen molar-refractivity contribution >= 4 is 44.2 Å². The van der Waals surface area contributed by atoms with Crippen LogP contribution in [-0.2, 0) is 6.54 Å². The van der Waals surface area contributed by atoms with E-state index in [1.807, 2.05) is 85.8 Å². The number of rotatable bonds is 5. The van der Waals surface area contributed by atoms with Crippen LogP contribution >= 0.6 is 22.9 Å². The summed E-state index contributed by atoms with van der Waals surface area (Å²) in [5.41, 5.74) is 4.58. The molecule has 0 spiro atoms. The Hall–Kier alpha value is -3.41. The first-order valence-electron chi connectivity index (χ1n) is 10.2. The number of thiazole rings is 1. The largest absolute Gasteiger partial charge is 0.467 e. The normalized spacial score (nSPS) is 11.1. The van der Waals surface area contributed by atoms with Crippen LogP contribution in [0.4, 0.5) is 5.13 Å². The second kappa shape index (κ2) is 8.61. The number of hydrogen-bond acceptors (Lipinski definition) is 4. The summed E-state index contributed by atoms with van der Waals surface area (Å²) in [5, 5.41) is 1.22. The highest BCUT2D eigenvalue weighted by molar-refractivity contribution is 7.23. The zero-order chi connectivity index (χ0) is 22.1. The maximum Gasteiger partial charge on any atom is 0.260 e. The maximum absolute atomic E-state index is 13.6. The number of amides is 1. The van der Waals surface area contributed by atoms with Crippen LogP contribution < -0.4 is 4.90 Å². The number of nitrogens with zero attached hydrogens (tertiary/aromatic N) is 2. The van der Waals surface area contributed by atoms with Gasteiger partial charge in [0.25, 0.3) is 5.91 Å². The number of aromatic nitrogens is 1. The van der Waals surface area contributed by atoms with Crippen molar-refractivity contribution in [1.29, 1.82) is 0 Å². The van der Waals surface area contributed by atoms with E-state index in [1.165, 1.54) is 11.3 Å². The lowest BCUT2D eigenvalue weighted by Crippen LogP contribution is -2.30. The summed E-state index contributed by atoms with van der Waals surface area (Å²) in [4.78, 5) is 20.0. The summed E-state index contributed by atoms with van der Waals surface area (Å²) in [6.45, 7) is 2.27. The molecule has 0 saturated heterocycles. The molecule has 1 amide bonds. The van der Waals surface area contributed by atoms with Crippen LogP contribution in [0.3, 0.4) is 0 Å². The molecule has 0 unspecified atom stereocenters. The second-order valence-electron chi connectivity index (χ2n) is 7.45. The topological polar surface area (TPSA) is 46.3 Å². The molecule has 5 rings (SSSR count). The lowest BCUT2D eigenvalue weighted by molar-refractivity contribution is 0.0983. The van der Waals surface area contributed by atoms with Gasteiger partial charge in [0.2, 0.25) is 0 Å². The second-order valence-corrected chi connectivity index (χ2v) is 8.84. The van der Waals surface area contributed by atoms with Gasteiger partial charge in [0, 0.05) is 5.56 Å². The molecule has 32 heavy (non-hydrogen) atoms. The molecule has 0 aliphatic carbocycles. The molecule has 0 saturated carbocycles. The molecule has 0 N–H and O–H groups in total. The summed E-state index contributed by atoms with van der Waals surface area (Å²) in [5.74, 6) is 0.537. The van der Waals surface area contributed by atoms with Crippen LogP contribution in [0, 0.1) is 6.92 Å². The summed E-state index contributed by atoms with van der Waals surface area (Å²) < 4.78 is 6.40. The van der Waals surface area contributed by atoms with Crippen molar-refractivity contribution in [2.45, 2.75) is 13.5 Å². The minimum absolute atomic E-state index is 0.145. The Morgan fingerprint density at radius 3 is 2.41 bits per heavy atom. The number of halogens is 1. The van der Waals surface area contributed by atoms with Gasteiger partial charge in [0.05, 0.1) is 28.0 Å². The van der Waals surface area contributed by atoms with E-state index in [0.29, 0.717) is 21.5 Å². The number of fused-ring (bicyclic) bond motifs is 1. The number of aryl methyl sites for hydroxylation is 1. The van der Waals surface area contributed by atoms with Crippen molar-refractivity contribution in [1.82, 2.24) is 4.98 Å². The average Bonchev–Trinajstić information content (AvgIpc) is 3.51. The highest BCUT2D eigenvalue weighted by Gasteiger charge is 2.24. The van der Waals surface area contributed by atoms with Crippen molar-refractivity contribution in [2.75, 3.05) is 4.90 Å². The Morgan fingerprint density at radius 1 is 0.969 bits per heavy atom. The molecule has 3 aromatic carbocycles. The molecule has 0 aliphatic rings. The van der Waals surface area contributed by atoms with E-state index in [2.05, 4.69) is 0 Å². The van der Waals surface area contributed by atoms with Crippen molar-refractivity contribution < 1.29 is 9.21 Å². The predicted octanol–water partition coefficient (Wildman–Crippen LogP) is 7.37. The molecule has 158 valence electrons. The molecule has 0 radical (unpaired) electrons. The summed E-state index contributed by atoms with van der Waals surface area (Å²) in [6.07, 6.45) is 1.60. The first-order chi connectivity index (χ1) is 15.6.